The Bertz CT molecular complexity index is 1040. The standard InChI is InChI=1S/C21H22FNO4S2/c1-15-14-18(9-10-19(15)27-12-11-26-2)29(24,25)23-21(20-4-3-13-28-20)16-5-7-17(22)8-6-16/h3-10,13-14,21,23H,11-12H2,1-2H3. The molecule has 1 unspecified atom stereocenters. The van der Waals surface area contributed by atoms with Gasteiger partial charge in [0.1, 0.15) is 18.2 Å². The molecule has 1 atom stereocenters. The first kappa shape index (κ1) is 21.4. The van der Waals surface area contributed by atoms with Crippen molar-refractivity contribution in [3.8, 4) is 5.75 Å². The molecule has 0 saturated carbocycles. The van der Waals surface area contributed by atoms with E-state index in [2.05, 4.69) is 4.72 Å². The minimum Gasteiger partial charge on any atom is -0.491 e. The van der Waals surface area contributed by atoms with Crippen LogP contribution in [0.4, 0.5) is 4.39 Å². The molecule has 0 aliphatic heterocycles. The third-order valence-corrected chi connectivity index (χ3v) is 6.66. The summed E-state index contributed by atoms with van der Waals surface area (Å²) in [6, 6.07) is 13.6. The molecule has 0 aliphatic rings. The number of nitrogens with one attached hydrogen (secondary N) is 1. The van der Waals surface area contributed by atoms with Crippen molar-refractivity contribution in [1.82, 2.24) is 4.72 Å². The van der Waals surface area contributed by atoms with E-state index in [0.717, 1.165) is 4.88 Å². The monoisotopic (exact) mass is 435 g/mol. The van der Waals surface area contributed by atoms with Crippen LogP contribution in [-0.4, -0.2) is 28.7 Å². The molecule has 8 heteroatoms. The Morgan fingerprint density at radius 2 is 1.86 bits per heavy atom. The second kappa shape index (κ2) is 9.49. The summed E-state index contributed by atoms with van der Waals surface area (Å²) >= 11 is 1.43. The fourth-order valence-electron chi connectivity index (χ4n) is 2.81. The van der Waals surface area contributed by atoms with Crippen molar-refractivity contribution in [2.24, 2.45) is 0 Å². The predicted octanol–water partition coefficient (Wildman–Crippen LogP) is 4.29. The predicted molar refractivity (Wildman–Crippen MR) is 111 cm³/mol. The van der Waals surface area contributed by atoms with Crippen LogP contribution >= 0.6 is 11.3 Å². The molecule has 0 bridgehead atoms. The number of rotatable bonds is 9. The zero-order valence-electron chi connectivity index (χ0n) is 16.1. The van der Waals surface area contributed by atoms with Crippen LogP contribution in [0.1, 0.15) is 22.0 Å². The molecule has 1 N–H and O–H groups in total. The Labute approximate surface area is 174 Å². The number of benzene rings is 2. The fourth-order valence-corrected chi connectivity index (χ4v) is 4.98. The van der Waals surface area contributed by atoms with Crippen LogP contribution in [0.2, 0.25) is 0 Å². The Balaban J connectivity index is 1.87. The highest BCUT2D eigenvalue weighted by Gasteiger charge is 2.24. The highest BCUT2D eigenvalue weighted by Crippen LogP contribution is 2.29. The maximum absolute atomic E-state index is 13.3. The molecule has 3 aromatic rings. The zero-order valence-corrected chi connectivity index (χ0v) is 17.7. The molecule has 2 aromatic carbocycles. The van der Waals surface area contributed by atoms with Gasteiger partial charge in [-0.3, -0.25) is 0 Å². The molecular weight excluding hydrogens is 413 g/mol. The molecule has 5 nitrogen and oxygen atoms in total. The summed E-state index contributed by atoms with van der Waals surface area (Å²) in [6.45, 7) is 2.62. The van der Waals surface area contributed by atoms with E-state index in [1.165, 1.54) is 29.5 Å². The molecule has 29 heavy (non-hydrogen) atoms. The summed E-state index contributed by atoms with van der Waals surface area (Å²) in [7, 11) is -2.24. The number of halogens is 1. The molecule has 0 aliphatic carbocycles. The Morgan fingerprint density at radius 3 is 2.48 bits per heavy atom. The summed E-state index contributed by atoms with van der Waals surface area (Å²) in [6.07, 6.45) is 0. The van der Waals surface area contributed by atoms with Gasteiger partial charge in [-0.25, -0.2) is 12.8 Å². The largest absolute Gasteiger partial charge is 0.491 e. The van der Waals surface area contributed by atoms with Gasteiger partial charge in [-0.05, 0) is 59.8 Å². The van der Waals surface area contributed by atoms with E-state index in [1.807, 2.05) is 17.5 Å². The SMILES string of the molecule is COCCOc1ccc(S(=O)(=O)NC(c2ccc(F)cc2)c2cccs2)cc1C. The maximum Gasteiger partial charge on any atom is 0.241 e. The minimum absolute atomic E-state index is 0.137. The quantitative estimate of drug-likeness (QED) is 0.510. The molecule has 0 fully saturated rings. The fraction of sp³-hybridized carbons (Fsp3) is 0.238. The number of hydrogen-bond donors (Lipinski definition) is 1. The van der Waals surface area contributed by atoms with Gasteiger partial charge in [-0.1, -0.05) is 18.2 Å². The van der Waals surface area contributed by atoms with Crippen LogP contribution in [-0.2, 0) is 14.8 Å². The van der Waals surface area contributed by atoms with E-state index < -0.39 is 16.1 Å². The molecule has 1 aromatic heterocycles. The molecule has 3 rings (SSSR count). The van der Waals surface area contributed by atoms with Gasteiger partial charge >= 0.3 is 0 Å². The van der Waals surface area contributed by atoms with E-state index in [1.54, 1.807) is 38.3 Å². The lowest BCUT2D eigenvalue weighted by molar-refractivity contribution is 0.146. The van der Waals surface area contributed by atoms with Gasteiger partial charge in [-0.2, -0.15) is 4.72 Å². The Kier molecular flexibility index (Phi) is 7.02. The van der Waals surface area contributed by atoms with E-state index in [0.29, 0.717) is 30.1 Å². The summed E-state index contributed by atoms with van der Waals surface area (Å²) in [5.41, 5.74) is 1.37. The zero-order chi connectivity index (χ0) is 20.9. The summed E-state index contributed by atoms with van der Waals surface area (Å²) in [5.74, 6) is 0.232. The maximum atomic E-state index is 13.3. The van der Waals surface area contributed by atoms with Crippen molar-refractivity contribution < 1.29 is 22.3 Å². The number of methoxy groups -OCH3 is 1. The number of hydrogen-bond acceptors (Lipinski definition) is 5. The number of aryl methyl sites for hydroxylation is 1. The van der Waals surface area contributed by atoms with Crippen molar-refractivity contribution in [2.75, 3.05) is 20.3 Å². The highest BCUT2D eigenvalue weighted by molar-refractivity contribution is 7.89. The average molecular weight is 436 g/mol. The molecule has 0 saturated heterocycles. The highest BCUT2D eigenvalue weighted by atomic mass is 32.2. The molecule has 0 amide bonds. The van der Waals surface area contributed by atoms with Crippen LogP contribution in [0.5, 0.6) is 5.75 Å². The molecule has 0 spiro atoms. The second-order valence-electron chi connectivity index (χ2n) is 6.39. The topological polar surface area (TPSA) is 64.6 Å². The van der Waals surface area contributed by atoms with Gasteiger partial charge < -0.3 is 9.47 Å². The van der Waals surface area contributed by atoms with Crippen molar-refractivity contribution in [1.29, 1.82) is 0 Å². The van der Waals surface area contributed by atoms with Crippen LogP contribution in [0.25, 0.3) is 0 Å². The molecular formula is C21H22FNO4S2. The lowest BCUT2D eigenvalue weighted by Crippen LogP contribution is -2.29. The first-order valence-corrected chi connectivity index (χ1v) is 11.3. The lowest BCUT2D eigenvalue weighted by Gasteiger charge is -2.19. The van der Waals surface area contributed by atoms with Gasteiger partial charge in [0.15, 0.2) is 0 Å². The third kappa shape index (κ3) is 5.42. The van der Waals surface area contributed by atoms with Crippen molar-refractivity contribution in [2.45, 2.75) is 17.9 Å². The van der Waals surface area contributed by atoms with Gasteiger partial charge in [0.05, 0.1) is 17.5 Å². The summed E-state index contributed by atoms with van der Waals surface area (Å²) < 4.78 is 52.7. The van der Waals surface area contributed by atoms with Crippen LogP contribution in [0.15, 0.2) is 64.9 Å². The number of sulfonamides is 1. The van der Waals surface area contributed by atoms with Crippen LogP contribution < -0.4 is 9.46 Å². The first-order valence-electron chi connectivity index (χ1n) is 8.94. The van der Waals surface area contributed by atoms with Gasteiger partial charge in [0.25, 0.3) is 0 Å². The second-order valence-corrected chi connectivity index (χ2v) is 9.08. The molecule has 1 heterocycles. The summed E-state index contributed by atoms with van der Waals surface area (Å²) in [4.78, 5) is 0.953. The van der Waals surface area contributed by atoms with Crippen molar-refractivity contribution >= 4 is 21.4 Å². The van der Waals surface area contributed by atoms with Gasteiger partial charge in [0, 0.05) is 12.0 Å². The summed E-state index contributed by atoms with van der Waals surface area (Å²) in [5, 5.41) is 1.87. The first-order chi connectivity index (χ1) is 13.9. The lowest BCUT2D eigenvalue weighted by atomic mass is 10.1. The normalized spacial score (nSPS) is 12.7. The number of thiophene rings is 1. The van der Waals surface area contributed by atoms with Crippen LogP contribution in [0.3, 0.4) is 0 Å². The van der Waals surface area contributed by atoms with E-state index in [9.17, 15) is 12.8 Å². The van der Waals surface area contributed by atoms with E-state index >= 15 is 0 Å². The van der Waals surface area contributed by atoms with Gasteiger partial charge in [0.2, 0.25) is 10.0 Å². The Hall–Kier alpha value is -2.26. The third-order valence-electron chi connectivity index (χ3n) is 4.31. The minimum atomic E-state index is -3.83. The van der Waals surface area contributed by atoms with Crippen molar-refractivity contribution in [3.05, 3.63) is 81.8 Å². The average Bonchev–Trinajstić information content (AvgIpc) is 3.23. The van der Waals surface area contributed by atoms with E-state index in [4.69, 9.17) is 9.47 Å². The number of ether oxygens (including phenoxy) is 2. The van der Waals surface area contributed by atoms with E-state index in [-0.39, 0.29) is 10.7 Å². The van der Waals surface area contributed by atoms with Crippen molar-refractivity contribution in [3.63, 3.8) is 0 Å². The van der Waals surface area contributed by atoms with Gasteiger partial charge in [-0.15, -0.1) is 11.3 Å². The smallest absolute Gasteiger partial charge is 0.241 e. The molecule has 0 radical (unpaired) electrons. The Morgan fingerprint density at radius 1 is 1.10 bits per heavy atom. The van der Waals surface area contributed by atoms with Crippen LogP contribution in [0, 0.1) is 12.7 Å². The molecule has 154 valence electrons.